The predicted octanol–water partition coefficient (Wildman–Crippen LogP) is 7.27. The number of allylic oxidation sites excluding steroid dienone is 2. The topological polar surface area (TPSA) is 64.7 Å². The molecular formula is C29H18Br4N2O. The summed E-state index contributed by atoms with van der Waals surface area (Å²) in [5.74, 6) is -0.245. The maximum absolute atomic E-state index is 13.6. The fourth-order valence-corrected chi connectivity index (χ4v) is 8.37. The number of benzene rings is 2. The number of nitriles is 2. The molecule has 36 heavy (non-hydrogen) atoms. The van der Waals surface area contributed by atoms with Crippen LogP contribution in [0.2, 0.25) is 0 Å². The van der Waals surface area contributed by atoms with Crippen molar-refractivity contribution in [1.82, 2.24) is 0 Å². The van der Waals surface area contributed by atoms with Crippen molar-refractivity contribution in [1.29, 1.82) is 10.5 Å². The zero-order chi connectivity index (χ0) is 25.7. The molecule has 0 saturated carbocycles. The Bertz CT molecular complexity index is 1490. The Morgan fingerprint density at radius 3 is 1.69 bits per heavy atom. The van der Waals surface area contributed by atoms with Crippen molar-refractivity contribution >= 4 is 63.7 Å². The van der Waals surface area contributed by atoms with E-state index < -0.39 is 10.8 Å². The molecule has 0 fully saturated rings. The van der Waals surface area contributed by atoms with E-state index in [2.05, 4.69) is 88.0 Å². The van der Waals surface area contributed by atoms with E-state index in [0.717, 1.165) is 11.1 Å². The molecule has 5 rings (SSSR count). The minimum Gasteiger partial charge on any atom is -0.288 e. The molecule has 178 valence electrons. The predicted molar refractivity (Wildman–Crippen MR) is 156 cm³/mol. The number of fused-ring (bicyclic) bond motifs is 2. The van der Waals surface area contributed by atoms with Gasteiger partial charge in [-0.3, -0.25) is 4.79 Å². The van der Waals surface area contributed by atoms with Crippen LogP contribution < -0.4 is 5.43 Å². The summed E-state index contributed by atoms with van der Waals surface area (Å²) in [6.07, 6.45) is 4.16. The molecule has 0 bridgehead atoms. The van der Waals surface area contributed by atoms with Crippen molar-refractivity contribution in [3.63, 3.8) is 0 Å². The van der Waals surface area contributed by atoms with Crippen LogP contribution in [-0.2, 0) is 10.8 Å². The van der Waals surface area contributed by atoms with Gasteiger partial charge in [-0.05, 0) is 44.3 Å². The van der Waals surface area contributed by atoms with E-state index in [1.54, 1.807) is 24.3 Å². The molecule has 0 radical (unpaired) electrons. The second-order valence-electron chi connectivity index (χ2n) is 8.93. The summed E-state index contributed by atoms with van der Waals surface area (Å²) in [7, 11) is 0. The van der Waals surface area contributed by atoms with Gasteiger partial charge in [-0.25, -0.2) is 0 Å². The number of halogens is 4. The fourth-order valence-electron chi connectivity index (χ4n) is 5.69. The summed E-state index contributed by atoms with van der Waals surface area (Å²) in [6, 6.07) is 27.4. The minimum absolute atomic E-state index is 0.0390. The monoisotopic (exact) mass is 726 g/mol. The molecule has 3 nitrogen and oxygen atoms in total. The molecule has 7 heteroatoms. The first-order valence-electron chi connectivity index (χ1n) is 11.3. The smallest absolute Gasteiger partial charge is 0.198 e. The molecule has 3 aromatic carbocycles. The van der Waals surface area contributed by atoms with Gasteiger partial charge in [-0.15, -0.1) is 0 Å². The van der Waals surface area contributed by atoms with Crippen LogP contribution in [0.15, 0.2) is 94.2 Å². The molecule has 4 atom stereocenters. The first-order chi connectivity index (χ1) is 17.3. The summed E-state index contributed by atoms with van der Waals surface area (Å²) >= 11 is 14.8. The molecule has 0 saturated heterocycles. The SMILES string of the molecule is N#CC1(c2ccccc(Br)c2=O)c2ccccc2C(C#N)(C2C=CC(Br)C(Br)C2Br)c2ccccc21. The zero-order valence-corrected chi connectivity index (χ0v) is 25.1. The molecular weight excluding hydrogens is 712 g/mol. The van der Waals surface area contributed by atoms with Crippen LogP contribution in [0, 0.1) is 28.6 Å². The first-order valence-corrected chi connectivity index (χ1v) is 14.8. The van der Waals surface area contributed by atoms with E-state index in [4.69, 9.17) is 0 Å². The maximum Gasteiger partial charge on any atom is 0.198 e. The van der Waals surface area contributed by atoms with Crippen LogP contribution in [-0.4, -0.2) is 14.5 Å². The van der Waals surface area contributed by atoms with Gasteiger partial charge in [0.05, 0.1) is 16.6 Å². The lowest BCUT2D eigenvalue weighted by molar-refractivity contribution is 0.424. The number of rotatable bonds is 2. The number of alkyl halides is 3. The molecule has 0 N–H and O–H groups in total. The van der Waals surface area contributed by atoms with Crippen LogP contribution >= 0.6 is 63.7 Å². The van der Waals surface area contributed by atoms with Gasteiger partial charge in [-0.1, -0.05) is 127 Å². The molecule has 0 aliphatic heterocycles. The first kappa shape index (κ1) is 25.6. The third-order valence-corrected chi connectivity index (χ3v) is 12.5. The van der Waals surface area contributed by atoms with Gasteiger partial charge in [0.25, 0.3) is 0 Å². The highest BCUT2D eigenvalue weighted by atomic mass is 79.9. The third-order valence-electron chi connectivity index (χ3n) is 7.29. The minimum atomic E-state index is -1.39. The van der Waals surface area contributed by atoms with E-state index >= 15 is 0 Å². The van der Waals surface area contributed by atoms with Crippen LogP contribution in [0.25, 0.3) is 0 Å². The summed E-state index contributed by atoms with van der Waals surface area (Å²) in [4.78, 5) is 13.7. The van der Waals surface area contributed by atoms with E-state index in [1.807, 2.05) is 48.5 Å². The Labute approximate surface area is 243 Å². The number of nitrogens with zero attached hydrogens (tertiary/aromatic N) is 2. The van der Waals surface area contributed by atoms with Gasteiger partial charge < -0.3 is 0 Å². The maximum atomic E-state index is 13.6. The lowest BCUT2D eigenvalue weighted by Crippen LogP contribution is -2.51. The zero-order valence-electron chi connectivity index (χ0n) is 18.7. The molecule has 0 heterocycles. The summed E-state index contributed by atoms with van der Waals surface area (Å²) < 4.78 is 0.380. The van der Waals surface area contributed by atoms with Gasteiger partial charge in [0.2, 0.25) is 0 Å². The molecule has 2 aliphatic carbocycles. The van der Waals surface area contributed by atoms with E-state index in [9.17, 15) is 15.3 Å². The van der Waals surface area contributed by atoms with Gasteiger partial charge in [0, 0.05) is 26.0 Å². The molecule has 0 amide bonds. The van der Waals surface area contributed by atoms with Gasteiger partial charge in [0.1, 0.15) is 10.8 Å². The fraction of sp³-hybridized carbons (Fsp3) is 0.207. The molecule has 0 spiro atoms. The number of hydrogen-bond acceptors (Lipinski definition) is 3. The van der Waals surface area contributed by atoms with Crippen molar-refractivity contribution < 1.29 is 0 Å². The van der Waals surface area contributed by atoms with Gasteiger partial charge in [0.15, 0.2) is 5.43 Å². The van der Waals surface area contributed by atoms with E-state index in [-0.39, 0.29) is 25.8 Å². The highest BCUT2D eigenvalue weighted by Gasteiger charge is 2.57. The summed E-state index contributed by atoms with van der Waals surface area (Å²) in [6.45, 7) is 0. The second-order valence-corrected chi connectivity index (χ2v) is 13.0. The molecule has 4 unspecified atom stereocenters. The van der Waals surface area contributed by atoms with Crippen molar-refractivity contribution in [3.8, 4) is 12.1 Å². The summed E-state index contributed by atoms with van der Waals surface area (Å²) in [5, 5.41) is 22.0. The van der Waals surface area contributed by atoms with Crippen molar-refractivity contribution in [3.05, 3.63) is 127 Å². The lowest BCUT2D eigenvalue weighted by Gasteiger charge is -2.48. The Morgan fingerprint density at radius 2 is 1.17 bits per heavy atom. The van der Waals surface area contributed by atoms with Crippen molar-refractivity contribution in [2.45, 2.75) is 25.3 Å². The average molecular weight is 730 g/mol. The largest absolute Gasteiger partial charge is 0.288 e. The highest BCUT2D eigenvalue weighted by molar-refractivity contribution is 9.13. The molecule has 2 aliphatic rings. The van der Waals surface area contributed by atoms with Gasteiger partial charge in [-0.2, -0.15) is 10.5 Å². The van der Waals surface area contributed by atoms with Crippen LogP contribution in [0.1, 0.15) is 27.8 Å². The Hall–Kier alpha value is -2.03. The average Bonchev–Trinajstić information content (AvgIpc) is 3.07. The Balaban J connectivity index is 1.96. The standard InChI is InChI=1S/C29H18Br4N2O/c30-23-14-13-21(25(32)26(23)33)28(15-34)17-7-1-3-9-19(17)29(16-35,20-10-4-2-8-18(20)28)22-11-5-6-12-24(31)27(22)36/h1-14,21,23,25-26H. The van der Waals surface area contributed by atoms with Crippen molar-refractivity contribution in [2.75, 3.05) is 0 Å². The molecule has 3 aromatic rings. The van der Waals surface area contributed by atoms with Crippen LogP contribution in [0.5, 0.6) is 0 Å². The Morgan fingerprint density at radius 1 is 0.667 bits per heavy atom. The normalized spacial score (nSPS) is 30.4. The Kier molecular flexibility index (Phi) is 6.89. The van der Waals surface area contributed by atoms with Crippen molar-refractivity contribution in [2.24, 2.45) is 5.92 Å². The summed E-state index contributed by atoms with van der Waals surface area (Å²) in [5.41, 5.74) is 0.401. The highest BCUT2D eigenvalue weighted by Crippen LogP contribution is 2.57. The second kappa shape index (κ2) is 9.69. The number of hydrogen-bond donors (Lipinski definition) is 0. The van der Waals surface area contributed by atoms with Gasteiger partial charge >= 0.3 is 0 Å². The van der Waals surface area contributed by atoms with E-state index in [0.29, 0.717) is 21.2 Å². The van der Waals surface area contributed by atoms with Crippen LogP contribution in [0.4, 0.5) is 0 Å². The third kappa shape index (κ3) is 3.47. The lowest BCUT2D eigenvalue weighted by atomic mass is 9.52. The quantitative estimate of drug-likeness (QED) is 0.206. The van der Waals surface area contributed by atoms with Crippen LogP contribution in [0.3, 0.4) is 0 Å². The van der Waals surface area contributed by atoms with E-state index in [1.165, 1.54) is 0 Å². The molecule has 0 aromatic heterocycles.